The fourth-order valence-corrected chi connectivity index (χ4v) is 2.72. The van der Waals surface area contributed by atoms with E-state index in [1.807, 2.05) is 20.8 Å². The third-order valence-electron chi connectivity index (χ3n) is 3.54. The number of halogens is 2. The van der Waals surface area contributed by atoms with Crippen molar-refractivity contribution in [2.24, 2.45) is 0 Å². The molecule has 2 aromatic carbocycles. The molecule has 0 saturated carbocycles. The Balaban J connectivity index is 0.00000109. The summed E-state index contributed by atoms with van der Waals surface area (Å²) in [6.07, 6.45) is 0. The van der Waals surface area contributed by atoms with Gasteiger partial charge in [0.2, 0.25) is 0 Å². The van der Waals surface area contributed by atoms with E-state index in [0.29, 0.717) is 28.2 Å². The predicted molar refractivity (Wildman–Crippen MR) is 103 cm³/mol. The standard InChI is InChI=1S/C17H14BrFN2O2.C2H6/c1-10(18)16-20-15-8-7-13(23-2)9-14(15)17(22)21(16)12-5-3-11(19)4-6-12;1-2/h3-10H,1-2H3;1-2H3. The Bertz CT molecular complexity index is 921. The van der Waals surface area contributed by atoms with Crippen molar-refractivity contribution in [3.05, 3.63) is 64.5 Å². The van der Waals surface area contributed by atoms with Gasteiger partial charge >= 0.3 is 0 Å². The van der Waals surface area contributed by atoms with Gasteiger partial charge in [-0.15, -0.1) is 0 Å². The van der Waals surface area contributed by atoms with Gasteiger partial charge < -0.3 is 4.74 Å². The molecule has 6 heteroatoms. The lowest BCUT2D eigenvalue weighted by atomic mass is 10.2. The van der Waals surface area contributed by atoms with Crippen molar-refractivity contribution in [1.29, 1.82) is 0 Å². The molecule has 132 valence electrons. The van der Waals surface area contributed by atoms with Crippen molar-refractivity contribution in [1.82, 2.24) is 9.55 Å². The molecule has 0 aliphatic heterocycles. The van der Waals surface area contributed by atoms with E-state index in [0.717, 1.165) is 0 Å². The number of nitrogens with zero attached hydrogens (tertiary/aromatic N) is 2. The van der Waals surface area contributed by atoms with Gasteiger partial charge in [0.25, 0.3) is 5.56 Å². The lowest BCUT2D eigenvalue weighted by molar-refractivity contribution is 0.415. The van der Waals surface area contributed by atoms with Crippen molar-refractivity contribution in [3.8, 4) is 11.4 Å². The van der Waals surface area contributed by atoms with Gasteiger partial charge in [-0.25, -0.2) is 9.37 Å². The van der Waals surface area contributed by atoms with Crippen LogP contribution in [-0.4, -0.2) is 16.7 Å². The summed E-state index contributed by atoms with van der Waals surface area (Å²) < 4.78 is 19.9. The first-order valence-corrected chi connectivity index (χ1v) is 8.93. The van der Waals surface area contributed by atoms with Crippen LogP contribution in [-0.2, 0) is 0 Å². The van der Waals surface area contributed by atoms with E-state index < -0.39 is 0 Å². The minimum absolute atomic E-state index is 0.147. The predicted octanol–water partition coefficient (Wildman–Crippen LogP) is 5.02. The Labute approximate surface area is 154 Å². The summed E-state index contributed by atoms with van der Waals surface area (Å²) in [5.74, 6) is 0.784. The summed E-state index contributed by atoms with van der Waals surface area (Å²) in [6, 6.07) is 10.9. The summed E-state index contributed by atoms with van der Waals surface area (Å²) in [7, 11) is 1.54. The van der Waals surface area contributed by atoms with E-state index in [-0.39, 0.29) is 16.2 Å². The van der Waals surface area contributed by atoms with Crippen LogP contribution in [0.2, 0.25) is 0 Å². The molecule has 4 nitrogen and oxygen atoms in total. The normalized spacial score (nSPS) is 11.6. The number of hydrogen-bond acceptors (Lipinski definition) is 3. The number of benzene rings is 2. The summed E-state index contributed by atoms with van der Waals surface area (Å²) in [4.78, 5) is 17.4. The maximum absolute atomic E-state index is 13.2. The minimum Gasteiger partial charge on any atom is -0.497 e. The topological polar surface area (TPSA) is 44.1 Å². The van der Waals surface area contributed by atoms with Crippen LogP contribution in [0, 0.1) is 5.82 Å². The van der Waals surface area contributed by atoms with Gasteiger partial charge in [0.05, 0.1) is 28.5 Å². The second kappa shape index (κ2) is 8.25. The Morgan fingerprint density at radius 3 is 2.36 bits per heavy atom. The Kier molecular flexibility index (Phi) is 6.31. The van der Waals surface area contributed by atoms with Crippen LogP contribution in [0.15, 0.2) is 47.3 Å². The molecule has 0 N–H and O–H groups in total. The first-order chi connectivity index (χ1) is 12.0. The molecule has 25 heavy (non-hydrogen) atoms. The minimum atomic E-state index is -0.356. The van der Waals surface area contributed by atoms with Gasteiger partial charge in [0.15, 0.2) is 0 Å². The summed E-state index contributed by atoms with van der Waals surface area (Å²) in [5.41, 5.74) is 0.937. The highest BCUT2D eigenvalue weighted by molar-refractivity contribution is 9.09. The van der Waals surface area contributed by atoms with E-state index in [9.17, 15) is 9.18 Å². The molecule has 0 fully saturated rings. The van der Waals surface area contributed by atoms with Crippen molar-refractivity contribution < 1.29 is 9.13 Å². The smallest absolute Gasteiger partial charge is 0.266 e. The molecule has 1 atom stereocenters. The van der Waals surface area contributed by atoms with Crippen LogP contribution < -0.4 is 10.3 Å². The average Bonchev–Trinajstić information content (AvgIpc) is 2.64. The zero-order chi connectivity index (χ0) is 18.6. The lowest BCUT2D eigenvalue weighted by Gasteiger charge is -2.15. The van der Waals surface area contributed by atoms with Gasteiger partial charge in [-0.1, -0.05) is 29.8 Å². The molecule has 3 aromatic rings. The zero-order valence-electron chi connectivity index (χ0n) is 14.6. The Hall–Kier alpha value is -2.21. The van der Waals surface area contributed by atoms with Crippen molar-refractivity contribution >= 4 is 26.8 Å². The van der Waals surface area contributed by atoms with Gasteiger partial charge in [-0.05, 0) is 49.4 Å². The van der Waals surface area contributed by atoms with Crippen LogP contribution in [0.4, 0.5) is 4.39 Å². The zero-order valence-corrected chi connectivity index (χ0v) is 16.2. The fraction of sp³-hybridized carbons (Fsp3) is 0.263. The fourth-order valence-electron chi connectivity index (χ4n) is 2.42. The van der Waals surface area contributed by atoms with Crippen LogP contribution in [0.3, 0.4) is 0 Å². The van der Waals surface area contributed by atoms with E-state index in [1.165, 1.54) is 16.7 Å². The number of aromatic nitrogens is 2. The number of hydrogen-bond donors (Lipinski definition) is 0. The number of alkyl halides is 1. The van der Waals surface area contributed by atoms with Gasteiger partial charge in [0.1, 0.15) is 17.4 Å². The van der Waals surface area contributed by atoms with E-state index in [2.05, 4.69) is 20.9 Å². The van der Waals surface area contributed by atoms with Crippen molar-refractivity contribution in [2.45, 2.75) is 25.6 Å². The molecule has 3 rings (SSSR count). The van der Waals surface area contributed by atoms with E-state index in [1.54, 1.807) is 37.4 Å². The molecular weight excluding hydrogens is 387 g/mol. The van der Waals surface area contributed by atoms with Crippen molar-refractivity contribution in [2.75, 3.05) is 7.11 Å². The highest BCUT2D eigenvalue weighted by Crippen LogP contribution is 2.25. The lowest BCUT2D eigenvalue weighted by Crippen LogP contribution is -2.24. The summed E-state index contributed by atoms with van der Waals surface area (Å²) >= 11 is 3.47. The molecular formula is C19H20BrFN2O2. The molecule has 0 aliphatic carbocycles. The average molecular weight is 407 g/mol. The monoisotopic (exact) mass is 406 g/mol. The van der Waals surface area contributed by atoms with Crippen molar-refractivity contribution in [3.63, 3.8) is 0 Å². The first kappa shape index (κ1) is 19.1. The van der Waals surface area contributed by atoms with E-state index >= 15 is 0 Å². The maximum Gasteiger partial charge on any atom is 0.266 e. The van der Waals surface area contributed by atoms with Crippen LogP contribution >= 0.6 is 15.9 Å². The maximum atomic E-state index is 13.2. The van der Waals surface area contributed by atoms with Gasteiger partial charge in [0, 0.05) is 0 Å². The number of fused-ring (bicyclic) bond motifs is 1. The third-order valence-corrected chi connectivity index (χ3v) is 3.95. The molecule has 1 aromatic heterocycles. The SMILES string of the molecule is CC.COc1ccc2nc(C(C)Br)n(-c3ccc(F)cc3)c(=O)c2c1. The van der Waals surface area contributed by atoms with Crippen LogP contribution in [0.25, 0.3) is 16.6 Å². The first-order valence-electron chi connectivity index (χ1n) is 8.02. The molecule has 0 saturated heterocycles. The van der Waals surface area contributed by atoms with Gasteiger partial charge in [-0.2, -0.15) is 0 Å². The number of methoxy groups -OCH3 is 1. The molecule has 0 radical (unpaired) electrons. The molecule has 1 heterocycles. The molecule has 1 unspecified atom stereocenters. The second-order valence-electron chi connectivity index (χ2n) is 5.09. The second-order valence-corrected chi connectivity index (χ2v) is 6.46. The summed E-state index contributed by atoms with van der Waals surface area (Å²) in [5, 5.41) is 0.450. The molecule has 0 amide bonds. The molecule has 0 aliphatic rings. The quantitative estimate of drug-likeness (QED) is 0.573. The number of ether oxygens (including phenoxy) is 1. The Morgan fingerprint density at radius 1 is 1.16 bits per heavy atom. The highest BCUT2D eigenvalue weighted by atomic mass is 79.9. The van der Waals surface area contributed by atoms with E-state index in [4.69, 9.17) is 4.74 Å². The van der Waals surface area contributed by atoms with Crippen LogP contribution in [0.1, 0.15) is 31.4 Å². The third kappa shape index (κ3) is 3.90. The highest BCUT2D eigenvalue weighted by Gasteiger charge is 2.16. The van der Waals surface area contributed by atoms with Crippen LogP contribution in [0.5, 0.6) is 5.75 Å². The molecule has 0 bridgehead atoms. The van der Waals surface area contributed by atoms with Gasteiger partial charge in [-0.3, -0.25) is 9.36 Å². The largest absolute Gasteiger partial charge is 0.497 e. The summed E-state index contributed by atoms with van der Waals surface area (Å²) in [6.45, 7) is 5.89. The number of rotatable bonds is 3. The molecule has 0 spiro atoms. The Morgan fingerprint density at radius 2 is 1.80 bits per heavy atom.